The van der Waals surface area contributed by atoms with Gasteiger partial charge in [-0.15, -0.1) is 0 Å². The Balaban J connectivity index is 1.66. The zero-order valence-corrected chi connectivity index (χ0v) is 13.5. The third kappa shape index (κ3) is 3.03. The standard InChI is InChI=1S/C16H26N4O2/c1-11-12(10-19(2)18-11)16(22)17-13-6-5-7-14(15(13)21)20-8-3-4-9-20/h10,13-15,21H,3-9H2,1-2H3,(H,17,22)/t13-,14-,15-/m1/s1. The molecule has 6 heteroatoms. The van der Waals surface area contributed by atoms with Crippen LogP contribution in [0, 0.1) is 6.92 Å². The number of carbonyl (C=O) groups excluding carboxylic acids is 1. The Morgan fingerprint density at radius 1 is 1.32 bits per heavy atom. The van der Waals surface area contributed by atoms with Crippen molar-refractivity contribution in [3.05, 3.63) is 17.5 Å². The number of rotatable bonds is 3. The van der Waals surface area contributed by atoms with E-state index in [1.807, 2.05) is 14.0 Å². The van der Waals surface area contributed by atoms with Crippen LogP contribution in [0.5, 0.6) is 0 Å². The molecule has 6 nitrogen and oxygen atoms in total. The third-order valence-corrected chi connectivity index (χ3v) is 5.01. The average molecular weight is 306 g/mol. The number of amides is 1. The van der Waals surface area contributed by atoms with Crippen LogP contribution in [0.1, 0.15) is 48.2 Å². The lowest BCUT2D eigenvalue weighted by atomic mass is 9.87. The molecule has 2 heterocycles. The number of aliphatic hydroxyl groups excluding tert-OH is 1. The van der Waals surface area contributed by atoms with Crippen LogP contribution >= 0.6 is 0 Å². The van der Waals surface area contributed by atoms with Crippen molar-refractivity contribution in [1.82, 2.24) is 20.0 Å². The molecule has 0 spiro atoms. The van der Waals surface area contributed by atoms with Crippen LogP contribution in [0.2, 0.25) is 0 Å². The Hall–Kier alpha value is -1.40. The number of hydrogen-bond donors (Lipinski definition) is 2. The Morgan fingerprint density at radius 2 is 2.05 bits per heavy atom. The van der Waals surface area contributed by atoms with Gasteiger partial charge in [-0.05, 0) is 52.1 Å². The molecule has 0 aromatic carbocycles. The number of aryl methyl sites for hydroxylation is 2. The lowest BCUT2D eigenvalue weighted by Crippen LogP contribution is -2.56. The van der Waals surface area contributed by atoms with Gasteiger partial charge >= 0.3 is 0 Å². The molecule has 1 aromatic heterocycles. The van der Waals surface area contributed by atoms with Gasteiger partial charge in [0.05, 0.1) is 23.4 Å². The summed E-state index contributed by atoms with van der Waals surface area (Å²) in [7, 11) is 1.81. The molecule has 1 saturated heterocycles. The topological polar surface area (TPSA) is 70.4 Å². The minimum Gasteiger partial charge on any atom is -0.389 e. The van der Waals surface area contributed by atoms with Crippen molar-refractivity contribution in [2.45, 2.75) is 57.2 Å². The molecular formula is C16H26N4O2. The Morgan fingerprint density at radius 3 is 2.68 bits per heavy atom. The van der Waals surface area contributed by atoms with Gasteiger partial charge in [-0.1, -0.05) is 0 Å². The normalized spacial score (nSPS) is 29.7. The lowest BCUT2D eigenvalue weighted by molar-refractivity contribution is 0.00703. The molecule has 1 aliphatic carbocycles. The van der Waals surface area contributed by atoms with E-state index in [2.05, 4.69) is 15.3 Å². The van der Waals surface area contributed by atoms with Crippen molar-refractivity contribution in [3.63, 3.8) is 0 Å². The van der Waals surface area contributed by atoms with E-state index in [4.69, 9.17) is 0 Å². The number of nitrogens with zero attached hydrogens (tertiary/aromatic N) is 3. The average Bonchev–Trinajstić information content (AvgIpc) is 3.10. The summed E-state index contributed by atoms with van der Waals surface area (Å²) in [5.41, 5.74) is 1.32. The van der Waals surface area contributed by atoms with Gasteiger partial charge in [-0.3, -0.25) is 14.4 Å². The quantitative estimate of drug-likeness (QED) is 0.868. The second-order valence-corrected chi connectivity index (χ2v) is 6.61. The first-order chi connectivity index (χ1) is 10.6. The molecule has 0 radical (unpaired) electrons. The van der Waals surface area contributed by atoms with Gasteiger partial charge in [0.1, 0.15) is 0 Å². The van der Waals surface area contributed by atoms with Crippen molar-refractivity contribution in [2.75, 3.05) is 13.1 Å². The highest BCUT2D eigenvalue weighted by Gasteiger charge is 2.37. The van der Waals surface area contributed by atoms with Gasteiger partial charge < -0.3 is 10.4 Å². The molecule has 1 saturated carbocycles. The Kier molecular flexibility index (Phi) is 4.49. The predicted molar refractivity (Wildman–Crippen MR) is 83.7 cm³/mol. The van der Waals surface area contributed by atoms with Crippen LogP contribution in [-0.4, -0.2) is 57.0 Å². The maximum atomic E-state index is 12.4. The van der Waals surface area contributed by atoms with Crippen LogP contribution in [-0.2, 0) is 7.05 Å². The van der Waals surface area contributed by atoms with E-state index in [9.17, 15) is 9.90 Å². The Bertz CT molecular complexity index is 536. The predicted octanol–water partition coefficient (Wildman–Crippen LogP) is 0.836. The molecule has 3 rings (SSSR count). The van der Waals surface area contributed by atoms with Gasteiger partial charge in [0, 0.05) is 19.3 Å². The summed E-state index contributed by atoms with van der Waals surface area (Å²) < 4.78 is 1.65. The highest BCUT2D eigenvalue weighted by Crippen LogP contribution is 2.26. The van der Waals surface area contributed by atoms with Crippen LogP contribution in [0.25, 0.3) is 0 Å². The molecule has 1 aliphatic heterocycles. The van der Waals surface area contributed by atoms with Crippen LogP contribution < -0.4 is 5.32 Å². The van der Waals surface area contributed by atoms with Gasteiger partial charge in [0.25, 0.3) is 5.91 Å². The number of hydrogen-bond acceptors (Lipinski definition) is 4. The van der Waals surface area contributed by atoms with Crippen LogP contribution in [0.15, 0.2) is 6.20 Å². The highest BCUT2D eigenvalue weighted by atomic mass is 16.3. The first kappa shape index (κ1) is 15.5. The fourth-order valence-electron chi connectivity index (χ4n) is 3.85. The van der Waals surface area contributed by atoms with E-state index in [0.29, 0.717) is 5.56 Å². The molecule has 1 amide bonds. The van der Waals surface area contributed by atoms with E-state index in [0.717, 1.165) is 38.0 Å². The van der Waals surface area contributed by atoms with Gasteiger partial charge in [-0.2, -0.15) is 5.10 Å². The monoisotopic (exact) mass is 306 g/mol. The van der Waals surface area contributed by atoms with E-state index in [-0.39, 0.29) is 18.0 Å². The van der Waals surface area contributed by atoms with E-state index >= 15 is 0 Å². The number of likely N-dealkylation sites (tertiary alicyclic amines) is 1. The third-order valence-electron chi connectivity index (χ3n) is 5.01. The van der Waals surface area contributed by atoms with Crippen molar-refractivity contribution < 1.29 is 9.90 Å². The maximum absolute atomic E-state index is 12.4. The van der Waals surface area contributed by atoms with Crippen molar-refractivity contribution in [1.29, 1.82) is 0 Å². The fraction of sp³-hybridized carbons (Fsp3) is 0.750. The SMILES string of the molecule is Cc1nn(C)cc1C(=O)N[C@@H]1CCC[C@@H](N2CCCC2)[C@@H]1O. The van der Waals surface area contributed by atoms with Gasteiger partial charge in [0.15, 0.2) is 0 Å². The smallest absolute Gasteiger partial charge is 0.255 e. The summed E-state index contributed by atoms with van der Waals surface area (Å²) in [4.78, 5) is 14.8. The van der Waals surface area contributed by atoms with Gasteiger partial charge in [-0.25, -0.2) is 0 Å². The zero-order valence-electron chi connectivity index (χ0n) is 13.5. The lowest BCUT2D eigenvalue weighted by Gasteiger charge is -2.40. The number of nitrogens with one attached hydrogen (secondary N) is 1. The van der Waals surface area contributed by atoms with Crippen molar-refractivity contribution >= 4 is 5.91 Å². The fourth-order valence-corrected chi connectivity index (χ4v) is 3.85. The van der Waals surface area contributed by atoms with Crippen LogP contribution in [0.4, 0.5) is 0 Å². The molecule has 3 atom stereocenters. The summed E-state index contributed by atoms with van der Waals surface area (Å²) in [6.45, 7) is 3.98. The molecule has 122 valence electrons. The second kappa shape index (κ2) is 6.38. The van der Waals surface area contributed by atoms with E-state index in [1.165, 1.54) is 12.8 Å². The summed E-state index contributed by atoms with van der Waals surface area (Å²) in [5, 5.41) is 17.9. The van der Waals surface area contributed by atoms with E-state index in [1.54, 1.807) is 10.9 Å². The maximum Gasteiger partial charge on any atom is 0.255 e. The summed E-state index contributed by atoms with van der Waals surface area (Å²) in [5.74, 6) is -0.128. The second-order valence-electron chi connectivity index (χ2n) is 6.61. The molecule has 2 N–H and O–H groups in total. The number of aliphatic hydroxyl groups is 1. The summed E-state index contributed by atoms with van der Waals surface area (Å²) in [6, 6.07) is 0.0306. The highest BCUT2D eigenvalue weighted by molar-refractivity contribution is 5.95. The van der Waals surface area contributed by atoms with Gasteiger partial charge in [0.2, 0.25) is 0 Å². The molecule has 2 fully saturated rings. The summed E-state index contributed by atoms with van der Waals surface area (Å²) in [6.07, 6.45) is 6.61. The summed E-state index contributed by atoms with van der Waals surface area (Å²) >= 11 is 0. The van der Waals surface area contributed by atoms with Crippen LogP contribution in [0.3, 0.4) is 0 Å². The first-order valence-electron chi connectivity index (χ1n) is 8.29. The molecule has 0 bridgehead atoms. The Labute approximate surface area is 131 Å². The molecule has 0 unspecified atom stereocenters. The minimum atomic E-state index is -0.479. The molecule has 2 aliphatic rings. The number of aromatic nitrogens is 2. The van der Waals surface area contributed by atoms with Crippen molar-refractivity contribution in [3.8, 4) is 0 Å². The zero-order chi connectivity index (χ0) is 15.7. The largest absolute Gasteiger partial charge is 0.389 e. The first-order valence-corrected chi connectivity index (χ1v) is 8.29. The number of carbonyl (C=O) groups is 1. The van der Waals surface area contributed by atoms with Crippen molar-refractivity contribution in [2.24, 2.45) is 7.05 Å². The molecule has 1 aromatic rings. The molecule has 22 heavy (non-hydrogen) atoms. The molecular weight excluding hydrogens is 280 g/mol. The van der Waals surface area contributed by atoms with E-state index < -0.39 is 6.10 Å². The minimum absolute atomic E-state index is 0.128.